The lowest BCUT2D eigenvalue weighted by atomic mass is 10.0. The molecule has 0 aliphatic rings. The van der Waals surface area contributed by atoms with Gasteiger partial charge >= 0.3 is 0 Å². The minimum absolute atomic E-state index is 0.412. The minimum Gasteiger partial charge on any atom is -0.329 e. The molecule has 84 valence electrons. The summed E-state index contributed by atoms with van der Waals surface area (Å²) in [6, 6.07) is 7.03. The van der Waals surface area contributed by atoms with Gasteiger partial charge < -0.3 is 11.1 Å². The summed E-state index contributed by atoms with van der Waals surface area (Å²) >= 11 is 0. The van der Waals surface area contributed by atoms with Gasteiger partial charge in [-0.15, -0.1) is 0 Å². The van der Waals surface area contributed by atoms with Gasteiger partial charge in [0.15, 0.2) is 0 Å². The van der Waals surface area contributed by atoms with Crippen LogP contribution in [0.2, 0.25) is 0 Å². The third-order valence-corrected chi connectivity index (χ3v) is 2.75. The van der Waals surface area contributed by atoms with Crippen LogP contribution in [0, 0.1) is 13.8 Å². The Labute approximate surface area is 92.9 Å². The number of benzene rings is 1. The van der Waals surface area contributed by atoms with E-state index < -0.39 is 0 Å². The molecule has 1 atom stereocenters. The standard InChI is InChI=1S/C13H22N2/c1-10-4-5-11(2)13(8-10)6-7-15-12(3)9-14/h4-5,8,12,15H,6-7,9,14H2,1-3H3/t12-/m1/s1. The molecule has 0 aliphatic heterocycles. The zero-order valence-corrected chi connectivity index (χ0v) is 10.0. The third kappa shape index (κ3) is 4.02. The van der Waals surface area contributed by atoms with Crippen LogP contribution in [0.25, 0.3) is 0 Å². The van der Waals surface area contributed by atoms with Crippen molar-refractivity contribution in [3.05, 3.63) is 34.9 Å². The van der Waals surface area contributed by atoms with E-state index in [1.54, 1.807) is 0 Å². The highest BCUT2D eigenvalue weighted by Crippen LogP contribution is 2.10. The fourth-order valence-electron chi connectivity index (χ4n) is 1.61. The first kappa shape index (κ1) is 12.2. The SMILES string of the molecule is Cc1ccc(C)c(CCN[C@H](C)CN)c1. The van der Waals surface area contributed by atoms with Gasteiger partial charge in [-0.1, -0.05) is 23.8 Å². The molecule has 0 aromatic heterocycles. The molecule has 3 N–H and O–H groups in total. The van der Waals surface area contributed by atoms with Crippen LogP contribution in [0.15, 0.2) is 18.2 Å². The molecule has 1 aromatic carbocycles. The van der Waals surface area contributed by atoms with Gasteiger partial charge in [0.1, 0.15) is 0 Å². The molecule has 1 rings (SSSR count). The van der Waals surface area contributed by atoms with Crippen LogP contribution in [0.1, 0.15) is 23.6 Å². The summed E-state index contributed by atoms with van der Waals surface area (Å²) in [5, 5.41) is 3.40. The summed E-state index contributed by atoms with van der Waals surface area (Å²) in [6.07, 6.45) is 1.08. The van der Waals surface area contributed by atoms with E-state index in [1.807, 2.05) is 0 Å². The molecule has 0 aliphatic carbocycles. The van der Waals surface area contributed by atoms with Gasteiger partial charge in [-0.05, 0) is 44.9 Å². The lowest BCUT2D eigenvalue weighted by Gasteiger charge is -2.12. The Balaban J connectivity index is 2.46. The van der Waals surface area contributed by atoms with Crippen molar-refractivity contribution >= 4 is 0 Å². The fraction of sp³-hybridized carbons (Fsp3) is 0.538. The topological polar surface area (TPSA) is 38.0 Å². The highest BCUT2D eigenvalue weighted by molar-refractivity contribution is 5.30. The Morgan fingerprint density at radius 2 is 2.07 bits per heavy atom. The summed E-state index contributed by atoms with van der Waals surface area (Å²) in [4.78, 5) is 0. The zero-order valence-electron chi connectivity index (χ0n) is 10.0. The van der Waals surface area contributed by atoms with Gasteiger partial charge in [0.2, 0.25) is 0 Å². The molecule has 15 heavy (non-hydrogen) atoms. The smallest absolute Gasteiger partial charge is 0.0162 e. The quantitative estimate of drug-likeness (QED) is 0.770. The van der Waals surface area contributed by atoms with Crippen LogP contribution in [0.4, 0.5) is 0 Å². The molecular formula is C13H22N2. The van der Waals surface area contributed by atoms with Crippen LogP contribution in [-0.2, 0) is 6.42 Å². The van der Waals surface area contributed by atoms with Crippen molar-refractivity contribution < 1.29 is 0 Å². The number of hydrogen-bond acceptors (Lipinski definition) is 2. The van der Waals surface area contributed by atoms with Crippen molar-refractivity contribution in [1.29, 1.82) is 0 Å². The van der Waals surface area contributed by atoms with Crippen molar-refractivity contribution in [3.63, 3.8) is 0 Å². The Bertz CT molecular complexity index is 307. The second-order valence-corrected chi connectivity index (χ2v) is 4.27. The molecule has 0 radical (unpaired) electrons. The number of nitrogens with one attached hydrogen (secondary N) is 1. The van der Waals surface area contributed by atoms with Crippen LogP contribution < -0.4 is 11.1 Å². The highest BCUT2D eigenvalue weighted by atomic mass is 14.9. The molecule has 0 spiro atoms. The van der Waals surface area contributed by atoms with Gasteiger partial charge in [0.05, 0.1) is 0 Å². The van der Waals surface area contributed by atoms with E-state index in [-0.39, 0.29) is 0 Å². The molecule has 0 bridgehead atoms. The number of rotatable bonds is 5. The van der Waals surface area contributed by atoms with Crippen molar-refractivity contribution in [1.82, 2.24) is 5.32 Å². The molecule has 0 saturated carbocycles. The lowest BCUT2D eigenvalue weighted by Crippen LogP contribution is -2.34. The van der Waals surface area contributed by atoms with Gasteiger partial charge in [-0.25, -0.2) is 0 Å². The van der Waals surface area contributed by atoms with Crippen LogP contribution >= 0.6 is 0 Å². The van der Waals surface area contributed by atoms with Gasteiger partial charge in [-0.2, -0.15) is 0 Å². The van der Waals surface area contributed by atoms with E-state index in [9.17, 15) is 0 Å². The molecule has 1 aromatic rings. The monoisotopic (exact) mass is 206 g/mol. The van der Waals surface area contributed by atoms with Crippen molar-refractivity contribution in [2.45, 2.75) is 33.2 Å². The summed E-state index contributed by atoms with van der Waals surface area (Å²) in [5.41, 5.74) is 9.69. The molecule has 0 amide bonds. The van der Waals surface area contributed by atoms with Gasteiger partial charge in [-0.3, -0.25) is 0 Å². The minimum atomic E-state index is 0.412. The van der Waals surface area contributed by atoms with E-state index in [0.717, 1.165) is 13.0 Å². The summed E-state index contributed by atoms with van der Waals surface area (Å²) in [7, 11) is 0. The summed E-state index contributed by atoms with van der Waals surface area (Å²) in [6.45, 7) is 8.12. The predicted octanol–water partition coefficient (Wildman–Crippen LogP) is 1.78. The summed E-state index contributed by atoms with van der Waals surface area (Å²) < 4.78 is 0. The molecule has 0 heterocycles. The molecule has 0 fully saturated rings. The average Bonchev–Trinajstić information content (AvgIpc) is 2.23. The number of aryl methyl sites for hydroxylation is 2. The number of hydrogen-bond donors (Lipinski definition) is 2. The maximum atomic E-state index is 5.54. The van der Waals surface area contributed by atoms with Crippen molar-refractivity contribution in [3.8, 4) is 0 Å². The normalized spacial score (nSPS) is 12.8. The van der Waals surface area contributed by atoms with E-state index in [1.165, 1.54) is 16.7 Å². The average molecular weight is 206 g/mol. The van der Waals surface area contributed by atoms with E-state index in [0.29, 0.717) is 12.6 Å². The Morgan fingerprint density at radius 3 is 2.73 bits per heavy atom. The van der Waals surface area contributed by atoms with E-state index in [2.05, 4.69) is 44.3 Å². The van der Waals surface area contributed by atoms with Crippen LogP contribution in [-0.4, -0.2) is 19.1 Å². The van der Waals surface area contributed by atoms with Gasteiger partial charge in [0, 0.05) is 12.6 Å². The van der Waals surface area contributed by atoms with Gasteiger partial charge in [0.25, 0.3) is 0 Å². The lowest BCUT2D eigenvalue weighted by molar-refractivity contribution is 0.558. The maximum absolute atomic E-state index is 5.54. The largest absolute Gasteiger partial charge is 0.329 e. The summed E-state index contributed by atoms with van der Waals surface area (Å²) in [5.74, 6) is 0. The Morgan fingerprint density at radius 1 is 1.33 bits per heavy atom. The first-order chi connectivity index (χ1) is 7.13. The Kier molecular flexibility index (Phi) is 4.79. The van der Waals surface area contributed by atoms with E-state index >= 15 is 0 Å². The highest BCUT2D eigenvalue weighted by Gasteiger charge is 2.00. The van der Waals surface area contributed by atoms with E-state index in [4.69, 9.17) is 5.73 Å². The van der Waals surface area contributed by atoms with Crippen molar-refractivity contribution in [2.75, 3.05) is 13.1 Å². The molecule has 0 unspecified atom stereocenters. The Hall–Kier alpha value is -0.860. The predicted molar refractivity (Wildman–Crippen MR) is 66.1 cm³/mol. The molecule has 2 heteroatoms. The molecule has 2 nitrogen and oxygen atoms in total. The second kappa shape index (κ2) is 5.89. The zero-order chi connectivity index (χ0) is 11.3. The van der Waals surface area contributed by atoms with Crippen molar-refractivity contribution in [2.24, 2.45) is 5.73 Å². The number of nitrogens with two attached hydrogens (primary N) is 1. The van der Waals surface area contributed by atoms with Crippen LogP contribution in [0.5, 0.6) is 0 Å². The first-order valence-corrected chi connectivity index (χ1v) is 5.63. The molecular weight excluding hydrogens is 184 g/mol. The second-order valence-electron chi connectivity index (χ2n) is 4.27. The van der Waals surface area contributed by atoms with Crippen LogP contribution in [0.3, 0.4) is 0 Å². The first-order valence-electron chi connectivity index (χ1n) is 5.63. The maximum Gasteiger partial charge on any atom is 0.0162 e. The molecule has 0 saturated heterocycles. The fourth-order valence-corrected chi connectivity index (χ4v) is 1.61. The third-order valence-electron chi connectivity index (χ3n) is 2.75.